The van der Waals surface area contributed by atoms with E-state index in [1.807, 2.05) is 39.2 Å². The third-order valence-corrected chi connectivity index (χ3v) is 3.15. The molecule has 0 aliphatic carbocycles. The first-order valence-corrected chi connectivity index (χ1v) is 6.92. The lowest BCUT2D eigenvalue weighted by molar-refractivity contribution is -0.115. The Morgan fingerprint density at radius 2 is 1.95 bits per heavy atom. The van der Waals surface area contributed by atoms with Gasteiger partial charge in [-0.1, -0.05) is 12.1 Å². The van der Waals surface area contributed by atoms with Crippen molar-refractivity contribution < 1.29 is 9.53 Å². The molecule has 1 aromatic heterocycles. The average molecular weight is 300 g/mol. The Morgan fingerprint density at radius 1 is 1.27 bits per heavy atom. The van der Waals surface area contributed by atoms with Gasteiger partial charge in [0.05, 0.1) is 31.6 Å². The summed E-state index contributed by atoms with van der Waals surface area (Å²) in [6.45, 7) is 1.95. The van der Waals surface area contributed by atoms with Crippen molar-refractivity contribution in [1.29, 1.82) is 0 Å². The van der Waals surface area contributed by atoms with Crippen LogP contribution in [0.3, 0.4) is 0 Å². The minimum atomic E-state index is -0.106. The number of carbonyl (C=O) groups is 1. The Bertz CT molecular complexity index is 654. The number of carbonyl (C=O) groups excluding carboxylic acids is 1. The summed E-state index contributed by atoms with van der Waals surface area (Å²) in [4.78, 5) is 22.2. The number of hydrogen-bond donors (Lipinski definition) is 1. The molecule has 6 heteroatoms. The van der Waals surface area contributed by atoms with Gasteiger partial charge in [0, 0.05) is 14.1 Å². The Kier molecular flexibility index (Phi) is 4.93. The van der Waals surface area contributed by atoms with Crippen LogP contribution in [0, 0.1) is 6.92 Å². The van der Waals surface area contributed by atoms with Gasteiger partial charge in [0.25, 0.3) is 0 Å². The molecular formula is C16H20N4O2. The molecule has 0 saturated carbocycles. The van der Waals surface area contributed by atoms with E-state index in [4.69, 9.17) is 4.74 Å². The Morgan fingerprint density at radius 3 is 2.50 bits per heavy atom. The third-order valence-electron chi connectivity index (χ3n) is 3.15. The van der Waals surface area contributed by atoms with Gasteiger partial charge in [-0.25, -0.2) is 9.97 Å². The molecule has 0 atom stereocenters. The molecule has 0 aliphatic rings. The van der Waals surface area contributed by atoms with Gasteiger partial charge in [-0.05, 0) is 24.1 Å². The van der Waals surface area contributed by atoms with E-state index in [9.17, 15) is 4.79 Å². The van der Waals surface area contributed by atoms with Crippen LogP contribution < -0.4 is 15.0 Å². The number of aryl methyl sites for hydroxylation is 1. The molecular weight excluding hydrogens is 280 g/mol. The van der Waals surface area contributed by atoms with E-state index in [-0.39, 0.29) is 5.91 Å². The van der Waals surface area contributed by atoms with Crippen LogP contribution in [0.4, 0.5) is 11.6 Å². The molecule has 1 amide bonds. The number of nitrogens with one attached hydrogen (secondary N) is 1. The summed E-state index contributed by atoms with van der Waals surface area (Å²) >= 11 is 0. The number of amides is 1. The van der Waals surface area contributed by atoms with Crippen molar-refractivity contribution in [3.05, 3.63) is 41.7 Å². The van der Waals surface area contributed by atoms with E-state index < -0.39 is 0 Å². The van der Waals surface area contributed by atoms with Gasteiger partial charge >= 0.3 is 0 Å². The Labute approximate surface area is 130 Å². The lowest BCUT2D eigenvalue weighted by Gasteiger charge is -2.10. The second kappa shape index (κ2) is 6.89. The molecule has 22 heavy (non-hydrogen) atoms. The van der Waals surface area contributed by atoms with Crippen molar-refractivity contribution in [1.82, 2.24) is 9.97 Å². The molecule has 1 N–H and O–H groups in total. The number of ether oxygens (including phenoxy) is 1. The highest BCUT2D eigenvalue weighted by atomic mass is 16.5. The van der Waals surface area contributed by atoms with Crippen molar-refractivity contribution in [2.75, 3.05) is 31.4 Å². The Balaban J connectivity index is 1.99. The molecule has 1 aromatic carbocycles. The standard InChI is InChI=1S/C16H20N4O2/c1-11-7-12(5-6-14(11)22-4)8-15(21)19-13-9-17-16(18-10-13)20(2)3/h5-7,9-10H,8H2,1-4H3,(H,19,21). The zero-order chi connectivity index (χ0) is 16.1. The van der Waals surface area contributed by atoms with E-state index in [0.29, 0.717) is 18.1 Å². The normalized spacial score (nSPS) is 10.2. The lowest BCUT2D eigenvalue weighted by atomic mass is 10.1. The predicted octanol–water partition coefficient (Wildman–Crippen LogP) is 2.04. The first kappa shape index (κ1) is 15.8. The maximum atomic E-state index is 12.1. The second-order valence-corrected chi connectivity index (χ2v) is 5.20. The topological polar surface area (TPSA) is 67.3 Å². The highest BCUT2D eigenvalue weighted by Crippen LogP contribution is 2.19. The highest BCUT2D eigenvalue weighted by molar-refractivity contribution is 5.92. The van der Waals surface area contributed by atoms with E-state index in [0.717, 1.165) is 16.9 Å². The number of rotatable bonds is 5. The number of nitrogens with zero attached hydrogens (tertiary/aromatic N) is 3. The van der Waals surface area contributed by atoms with E-state index in [2.05, 4.69) is 15.3 Å². The summed E-state index contributed by atoms with van der Waals surface area (Å²) < 4.78 is 5.21. The van der Waals surface area contributed by atoms with Gasteiger partial charge in [-0.2, -0.15) is 0 Å². The Hall–Kier alpha value is -2.63. The molecule has 116 valence electrons. The van der Waals surface area contributed by atoms with E-state index in [1.165, 1.54) is 0 Å². The minimum Gasteiger partial charge on any atom is -0.496 e. The first-order valence-electron chi connectivity index (χ1n) is 6.92. The third kappa shape index (κ3) is 3.94. The van der Waals surface area contributed by atoms with Crippen LogP contribution in [0.5, 0.6) is 5.75 Å². The molecule has 0 aliphatic heterocycles. The van der Waals surface area contributed by atoms with Crippen molar-refractivity contribution in [3.63, 3.8) is 0 Å². The fourth-order valence-electron chi connectivity index (χ4n) is 2.06. The summed E-state index contributed by atoms with van der Waals surface area (Å²) in [5.74, 6) is 1.31. The quantitative estimate of drug-likeness (QED) is 0.915. The van der Waals surface area contributed by atoms with Crippen LogP contribution in [0.1, 0.15) is 11.1 Å². The molecule has 0 saturated heterocycles. The van der Waals surface area contributed by atoms with Gasteiger partial charge in [0.15, 0.2) is 0 Å². The molecule has 1 heterocycles. The molecule has 0 fully saturated rings. The molecule has 2 aromatic rings. The van der Waals surface area contributed by atoms with Crippen LogP contribution in [-0.2, 0) is 11.2 Å². The monoisotopic (exact) mass is 300 g/mol. The zero-order valence-corrected chi connectivity index (χ0v) is 13.3. The van der Waals surface area contributed by atoms with Crippen molar-refractivity contribution >= 4 is 17.5 Å². The van der Waals surface area contributed by atoms with Crippen LogP contribution in [-0.4, -0.2) is 37.1 Å². The smallest absolute Gasteiger partial charge is 0.228 e. The fourth-order valence-corrected chi connectivity index (χ4v) is 2.06. The summed E-state index contributed by atoms with van der Waals surface area (Å²) in [5, 5.41) is 2.79. The fraction of sp³-hybridized carbons (Fsp3) is 0.312. The molecule has 0 spiro atoms. The van der Waals surface area contributed by atoms with Crippen molar-refractivity contribution in [3.8, 4) is 5.75 Å². The van der Waals surface area contributed by atoms with E-state index >= 15 is 0 Å². The largest absolute Gasteiger partial charge is 0.496 e. The molecule has 0 radical (unpaired) electrons. The maximum Gasteiger partial charge on any atom is 0.228 e. The van der Waals surface area contributed by atoms with Crippen LogP contribution in [0.2, 0.25) is 0 Å². The molecule has 0 bridgehead atoms. The van der Waals surface area contributed by atoms with Gasteiger partial charge < -0.3 is 15.0 Å². The maximum absolute atomic E-state index is 12.1. The van der Waals surface area contributed by atoms with E-state index in [1.54, 1.807) is 24.4 Å². The summed E-state index contributed by atoms with van der Waals surface area (Å²) in [7, 11) is 5.35. The van der Waals surface area contributed by atoms with Crippen LogP contribution in [0.15, 0.2) is 30.6 Å². The predicted molar refractivity (Wildman–Crippen MR) is 86.4 cm³/mol. The second-order valence-electron chi connectivity index (χ2n) is 5.20. The van der Waals surface area contributed by atoms with Gasteiger partial charge in [-0.15, -0.1) is 0 Å². The van der Waals surface area contributed by atoms with Crippen molar-refractivity contribution in [2.45, 2.75) is 13.3 Å². The number of hydrogen-bond acceptors (Lipinski definition) is 5. The highest BCUT2D eigenvalue weighted by Gasteiger charge is 2.07. The number of methoxy groups -OCH3 is 1. The van der Waals surface area contributed by atoms with Gasteiger partial charge in [0.2, 0.25) is 11.9 Å². The molecule has 2 rings (SSSR count). The summed E-state index contributed by atoms with van der Waals surface area (Å²) in [6.07, 6.45) is 3.49. The number of anilines is 2. The first-order chi connectivity index (χ1) is 10.5. The minimum absolute atomic E-state index is 0.106. The van der Waals surface area contributed by atoms with Gasteiger partial charge in [0.1, 0.15) is 5.75 Å². The average Bonchev–Trinajstić information content (AvgIpc) is 2.48. The summed E-state index contributed by atoms with van der Waals surface area (Å²) in [6, 6.07) is 5.70. The number of aromatic nitrogens is 2. The van der Waals surface area contributed by atoms with Crippen molar-refractivity contribution in [2.24, 2.45) is 0 Å². The van der Waals surface area contributed by atoms with Crippen LogP contribution in [0.25, 0.3) is 0 Å². The zero-order valence-electron chi connectivity index (χ0n) is 13.3. The lowest BCUT2D eigenvalue weighted by Crippen LogP contribution is -2.16. The summed E-state index contributed by atoms with van der Waals surface area (Å²) in [5.41, 5.74) is 2.52. The van der Waals surface area contributed by atoms with Crippen LogP contribution >= 0.6 is 0 Å². The number of benzene rings is 1. The molecule has 0 unspecified atom stereocenters. The van der Waals surface area contributed by atoms with Gasteiger partial charge in [-0.3, -0.25) is 4.79 Å². The SMILES string of the molecule is COc1ccc(CC(=O)Nc2cnc(N(C)C)nc2)cc1C. The molecule has 6 nitrogen and oxygen atoms in total.